The molecule has 0 aromatic heterocycles. The molecule has 0 saturated heterocycles. The van der Waals surface area contributed by atoms with Gasteiger partial charge in [0.2, 0.25) is 0 Å². The number of hydrogen-bond donors (Lipinski definition) is 2. The van der Waals surface area contributed by atoms with Crippen molar-refractivity contribution in [2.24, 2.45) is 4.99 Å². The van der Waals surface area contributed by atoms with Crippen molar-refractivity contribution >= 4 is 17.9 Å². The zero-order chi connectivity index (χ0) is 8.67. The Labute approximate surface area is 80.5 Å². The van der Waals surface area contributed by atoms with Gasteiger partial charge in [0.15, 0.2) is 12.2 Å². The summed E-state index contributed by atoms with van der Waals surface area (Å²) >= 11 is 1.24. The Morgan fingerprint density at radius 2 is 2.62 bits per heavy atom. The maximum Gasteiger partial charge on any atom is 0.176 e. The van der Waals surface area contributed by atoms with Gasteiger partial charge in [-0.25, -0.2) is 0 Å². The predicted octanol–water partition coefficient (Wildman–Crippen LogP) is 0.711. The minimum atomic E-state index is 0.392. The number of allylic oxidation sites excluding steroid dienone is 1. The van der Waals surface area contributed by atoms with E-state index < -0.39 is 0 Å². The van der Waals surface area contributed by atoms with E-state index in [1.165, 1.54) is 12.2 Å². The van der Waals surface area contributed by atoms with Crippen LogP contribution in [-0.2, 0) is 4.18 Å². The highest BCUT2D eigenvalue weighted by Gasteiger charge is 2.31. The van der Waals surface area contributed by atoms with Crippen molar-refractivity contribution in [2.45, 2.75) is 12.5 Å². The van der Waals surface area contributed by atoms with Crippen LogP contribution in [-0.4, -0.2) is 18.4 Å². The average Bonchev–Trinajstić information content (AvgIpc) is 2.65. The highest BCUT2D eigenvalue weighted by atomic mass is 32.2. The quantitative estimate of drug-likeness (QED) is 0.441. The van der Waals surface area contributed by atoms with Gasteiger partial charge in [-0.15, -0.1) is 0 Å². The Bertz CT molecular complexity index is 334. The summed E-state index contributed by atoms with van der Waals surface area (Å²) in [5.74, 6) is 0.947. The van der Waals surface area contributed by atoms with Crippen molar-refractivity contribution in [1.82, 2.24) is 10.0 Å². The lowest BCUT2D eigenvalue weighted by molar-refractivity contribution is 0.493. The van der Waals surface area contributed by atoms with E-state index in [-0.39, 0.29) is 0 Å². The molecule has 1 unspecified atom stereocenters. The molecule has 0 aromatic rings. The standard InChI is InChI=1S/C8H9N3OS/c1-2-7-5(3-11-13-12-7)8-6(1)9-4-10-8/h2-3,6,9,11H,1,4H2. The first-order chi connectivity index (χ1) is 6.45. The molecule has 13 heavy (non-hydrogen) atoms. The van der Waals surface area contributed by atoms with Gasteiger partial charge in [0.25, 0.3) is 0 Å². The van der Waals surface area contributed by atoms with Crippen molar-refractivity contribution in [3.05, 3.63) is 23.6 Å². The number of aliphatic imine (C=N–C) groups is 1. The monoisotopic (exact) mass is 195 g/mol. The van der Waals surface area contributed by atoms with Crippen LogP contribution in [0.3, 0.4) is 0 Å². The smallest absolute Gasteiger partial charge is 0.176 e. The molecule has 0 bridgehead atoms. The zero-order valence-corrected chi connectivity index (χ0v) is 7.73. The summed E-state index contributed by atoms with van der Waals surface area (Å²) in [6, 6.07) is 0.392. The van der Waals surface area contributed by atoms with Crippen LogP contribution in [0.1, 0.15) is 6.42 Å². The first-order valence-corrected chi connectivity index (χ1v) is 4.97. The molecule has 0 aromatic carbocycles. The van der Waals surface area contributed by atoms with Crippen molar-refractivity contribution in [3.63, 3.8) is 0 Å². The first kappa shape index (κ1) is 7.46. The highest BCUT2D eigenvalue weighted by molar-refractivity contribution is 7.92. The second kappa shape index (κ2) is 2.78. The Hall–Kier alpha value is -0.940. The molecule has 5 heteroatoms. The van der Waals surface area contributed by atoms with Crippen LogP contribution in [0.5, 0.6) is 0 Å². The van der Waals surface area contributed by atoms with Crippen LogP contribution in [0.25, 0.3) is 0 Å². The average molecular weight is 195 g/mol. The summed E-state index contributed by atoms with van der Waals surface area (Å²) in [7, 11) is 0. The van der Waals surface area contributed by atoms with Gasteiger partial charge in [0.05, 0.1) is 24.0 Å². The number of nitrogens with one attached hydrogen (secondary N) is 2. The van der Waals surface area contributed by atoms with Gasteiger partial charge in [-0.1, -0.05) is 0 Å². The molecule has 0 radical (unpaired) electrons. The molecule has 0 fully saturated rings. The molecular formula is C8H9N3OS. The predicted molar refractivity (Wildman–Crippen MR) is 51.8 cm³/mol. The third-order valence-electron chi connectivity index (χ3n) is 2.38. The normalized spacial score (nSPS) is 30.2. The maximum absolute atomic E-state index is 5.38. The molecule has 3 aliphatic rings. The van der Waals surface area contributed by atoms with E-state index in [0.717, 1.165) is 30.1 Å². The fourth-order valence-corrected chi connectivity index (χ4v) is 2.21. The lowest BCUT2D eigenvalue weighted by Gasteiger charge is -2.24. The second-order valence-corrected chi connectivity index (χ2v) is 3.67. The van der Waals surface area contributed by atoms with Crippen molar-refractivity contribution in [2.75, 3.05) is 6.67 Å². The number of fused-ring (bicyclic) bond motifs is 3. The summed E-state index contributed by atoms with van der Waals surface area (Å²) < 4.78 is 8.36. The van der Waals surface area contributed by atoms with Gasteiger partial charge >= 0.3 is 0 Å². The Kier molecular flexibility index (Phi) is 1.60. The summed E-state index contributed by atoms with van der Waals surface area (Å²) in [5.41, 5.74) is 2.23. The maximum atomic E-state index is 5.38. The van der Waals surface area contributed by atoms with Gasteiger partial charge in [0, 0.05) is 6.20 Å². The molecule has 2 aliphatic heterocycles. The molecule has 4 nitrogen and oxygen atoms in total. The lowest BCUT2D eigenvalue weighted by Crippen LogP contribution is -2.34. The third kappa shape index (κ3) is 1.08. The minimum Gasteiger partial charge on any atom is -0.405 e. The minimum absolute atomic E-state index is 0.392. The van der Waals surface area contributed by atoms with Crippen molar-refractivity contribution < 1.29 is 4.18 Å². The second-order valence-electron chi connectivity index (χ2n) is 3.10. The topological polar surface area (TPSA) is 45.6 Å². The summed E-state index contributed by atoms with van der Waals surface area (Å²) in [5, 5.41) is 3.31. The van der Waals surface area contributed by atoms with Crippen LogP contribution in [0.4, 0.5) is 0 Å². The Morgan fingerprint density at radius 1 is 1.62 bits per heavy atom. The van der Waals surface area contributed by atoms with E-state index >= 15 is 0 Å². The molecule has 0 saturated carbocycles. The fourth-order valence-electron chi connectivity index (χ4n) is 1.75. The van der Waals surface area contributed by atoms with Gasteiger partial charge < -0.3 is 8.91 Å². The summed E-state index contributed by atoms with van der Waals surface area (Å²) in [6.07, 6.45) is 5.05. The molecular weight excluding hydrogens is 186 g/mol. The molecule has 0 spiro atoms. The number of rotatable bonds is 0. The molecule has 0 amide bonds. The van der Waals surface area contributed by atoms with Crippen molar-refractivity contribution in [1.29, 1.82) is 0 Å². The van der Waals surface area contributed by atoms with Crippen LogP contribution < -0.4 is 10.0 Å². The lowest BCUT2D eigenvalue weighted by atomic mass is 9.94. The van der Waals surface area contributed by atoms with E-state index in [4.69, 9.17) is 4.18 Å². The fraction of sp³-hybridized carbons (Fsp3) is 0.375. The number of hydrogen-bond acceptors (Lipinski definition) is 5. The van der Waals surface area contributed by atoms with Gasteiger partial charge in [-0.2, -0.15) is 0 Å². The van der Waals surface area contributed by atoms with Gasteiger partial charge in [-0.05, 0) is 12.5 Å². The molecule has 2 N–H and O–H groups in total. The van der Waals surface area contributed by atoms with E-state index in [1.54, 1.807) is 0 Å². The van der Waals surface area contributed by atoms with Crippen LogP contribution in [0.2, 0.25) is 0 Å². The Morgan fingerprint density at radius 3 is 3.62 bits per heavy atom. The van der Waals surface area contributed by atoms with E-state index in [0.29, 0.717) is 6.04 Å². The molecule has 1 atom stereocenters. The highest BCUT2D eigenvalue weighted by Crippen LogP contribution is 2.30. The largest absolute Gasteiger partial charge is 0.405 e. The summed E-state index contributed by atoms with van der Waals surface area (Å²) in [6.45, 7) is 0.728. The van der Waals surface area contributed by atoms with E-state index in [2.05, 4.69) is 21.1 Å². The molecule has 3 rings (SSSR count). The van der Waals surface area contributed by atoms with E-state index in [1.807, 2.05) is 6.20 Å². The SMILES string of the molecule is C1=C2OSNC=C2C2=NCNC2C1. The Balaban J connectivity index is 2.05. The van der Waals surface area contributed by atoms with Crippen LogP contribution in [0, 0.1) is 0 Å². The molecule has 1 aliphatic carbocycles. The van der Waals surface area contributed by atoms with Crippen LogP contribution in [0.15, 0.2) is 28.6 Å². The molecule has 2 heterocycles. The third-order valence-corrected chi connectivity index (χ3v) is 2.86. The zero-order valence-electron chi connectivity index (χ0n) is 6.91. The molecule has 68 valence electrons. The van der Waals surface area contributed by atoms with Gasteiger partial charge in [-0.3, -0.25) is 10.3 Å². The van der Waals surface area contributed by atoms with Crippen molar-refractivity contribution in [3.8, 4) is 0 Å². The summed E-state index contributed by atoms with van der Waals surface area (Å²) in [4.78, 5) is 4.41. The van der Waals surface area contributed by atoms with E-state index in [9.17, 15) is 0 Å². The number of nitrogens with zero attached hydrogens (tertiary/aromatic N) is 1. The first-order valence-electron chi connectivity index (χ1n) is 4.23. The van der Waals surface area contributed by atoms with Crippen LogP contribution >= 0.6 is 12.2 Å². The van der Waals surface area contributed by atoms with Gasteiger partial charge in [0.1, 0.15) is 5.76 Å².